The number of fused-ring (bicyclic) bond motifs is 1. The second-order valence-corrected chi connectivity index (χ2v) is 5.30. The Morgan fingerprint density at radius 1 is 1.24 bits per heavy atom. The van der Waals surface area contributed by atoms with E-state index in [4.69, 9.17) is 9.47 Å². The summed E-state index contributed by atoms with van der Waals surface area (Å²) < 4.78 is 24.3. The Labute approximate surface area is 122 Å². The molecule has 1 aliphatic heterocycles. The van der Waals surface area contributed by atoms with Crippen molar-refractivity contribution in [3.63, 3.8) is 0 Å². The highest BCUT2D eigenvalue weighted by atomic mass is 19.1. The van der Waals surface area contributed by atoms with Crippen LogP contribution in [0.25, 0.3) is 0 Å². The van der Waals surface area contributed by atoms with Crippen molar-refractivity contribution in [1.29, 1.82) is 0 Å². The molecule has 0 fully saturated rings. The molecule has 0 aromatic heterocycles. The maximum atomic E-state index is 13.7. The molecule has 1 heterocycles. The minimum absolute atomic E-state index is 0.158. The number of rotatable bonds is 3. The molecule has 110 valence electrons. The Hall–Kier alpha value is -2.07. The van der Waals surface area contributed by atoms with E-state index in [9.17, 15) is 9.50 Å². The van der Waals surface area contributed by atoms with E-state index in [0.29, 0.717) is 5.56 Å². The summed E-state index contributed by atoms with van der Waals surface area (Å²) in [5, 5.41) is 10.4. The molecule has 4 heteroatoms. The van der Waals surface area contributed by atoms with E-state index >= 15 is 0 Å². The Morgan fingerprint density at radius 3 is 2.67 bits per heavy atom. The van der Waals surface area contributed by atoms with Gasteiger partial charge in [0.2, 0.25) is 0 Å². The molecule has 0 amide bonds. The summed E-state index contributed by atoms with van der Waals surface area (Å²) in [5.74, 6) is 0.550. The third-order valence-corrected chi connectivity index (χ3v) is 3.73. The first-order chi connectivity index (χ1) is 10.1. The smallest absolute Gasteiger partial charge is 0.165 e. The first kappa shape index (κ1) is 13.9. The fourth-order valence-electron chi connectivity index (χ4n) is 2.66. The van der Waals surface area contributed by atoms with Crippen molar-refractivity contribution < 1.29 is 19.0 Å². The Kier molecular flexibility index (Phi) is 3.55. The first-order valence-corrected chi connectivity index (χ1v) is 6.89. The summed E-state index contributed by atoms with van der Waals surface area (Å²) in [6.45, 7) is 2.01. The SMILES string of the molecule is COc1ccc(C(O)c2ccc3c(c2)CC(C)O3)cc1F. The summed E-state index contributed by atoms with van der Waals surface area (Å²) in [7, 11) is 1.41. The van der Waals surface area contributed by atoms with E-state index < -0.39 is 11.9 Å². The minimum atomic E-state index is -0.869. The highest BCUT2D eigenvalue weighted by molar-refractivity contribution is 5.43. The topological polar surface area (TPSA) is 38.7 Å². The fraction of sp³-hybridized carbons (Fsp3) is 0.294. The molecular formula is C17H17FO3. The molecule has 2 aromatic carbocycles. The third-order valence-electron chi connectivity index (χ3n) is 3.73. The zero-order valence-electron chi connectivity index (χ0n) is 12.0. The standard InChI is InChI=1S/C17H17FO3/c1-10-7-13-8-11(3-5-15(13)21-10)17(19)12-4-6-16(20-2)14(18)9-12/h3-6,8-10,17,19H,7H2,1-2H3. The van der Waals surface area contributed by atoms with Gasteiger partial charge in [0.05, 0.1) is 7.11 Å². The monoisotopic (exact) mass is 288 g/mol. The van der Waals surface area contributed by atoms with Crippen molar-refractivity contribution >= 4 is 0 Å². The lowest BCUT2D eigenvalue weighted by atomic mass is 9.98. The normalized spacial score (nSPS) is 18.0. The van der Waals surface area contributed by atoms with Gasteiger partial charge in [0.15, 0.2) is 11.6 Å². The Balaban J connectivity index is 1.90. The van der Waals surface area contributed by atoms with E-state index in [1.54, 1.807) is 6.07 Å². The molecule has 0 bridgehead atoms. The number of benzene rings is 2. The van der Waals surface area contributed by atoms with Crippen LogP contribution >= 0.6 is 0 Å². The average Bonchev–Trinajstić information content (AvgIpc) is 2.85. The van der Waals surface area contributed by atoms with E-state index in [1.165, 1.54) is 19.2 Å². The van der Waals surface area contributed by atoms with Gasteiger partial charge in [-0.05, 0) is 47.9 Å². The van der Waals surface area contributed by atoms with E-state index in [-0.39, 0.29) is 11.9 Å². The predicted octanol–water partition coefficient (Wildman–Crippen LogP) is 3.24. The lowest BCUT2D eigenvalue weighted by molar-refractivity contribution is 0.219. The number of aliphatic hydroxyl groups is 1. The van der Waals surface area contributed by atoms with Crippen molar-refractivity contribution in [2.24, 2.45) is 0 Å². The molecule has 2 unspecified atom stereocenters. The fourth-order valence-corrected chi connectivity index (χ4v) is 2.66. The molecule has 0 spiro atoms. The van der Waals surface area contributed by atoms with Crippen LogP contribution in [-0.2, 0) is 6.42 Å². The summed E-state index contributed by atoms with van der Waals surface area (Å²) >= 11 is 0. The lowest BCUT2D eigenvalue weighted by Gasteiger charge is -2.13. The van der Waals surface area contributed by atoms with Crippen molar-refractivity contribution in [1.82, 2.24) is 0 Å². The van der Waals surface area contributed by atoms with Crippen LogP contribution in [0, 0.1) is 5.82 Å². The molecule has 0 saturated heterocycles. The molecule has 2 atom stereocenters. The van der Waals surface area contributed by atoms with Gasteiger partial charge in [-0.15, -0.1) is 0 Å². The quantitative estimate of drug-likeness (QED) is 0.942. The van der Waals surface area contributed by atoms with Crippen LogP contribution in [0.1, 0.15) is 29.7 Å². The van der Waals surface area contributed by atoms with Gasteiger partial charge < -0.3 is 14.6 Å². The minimum Gasteiger partial charge on any atom is -0.494 e. The van der Waals surface area contributed by atoms with Crippen LogP contribution in [0.2, 0.25) is 0 Å². The van der Waals surface area contributed by atoms with Crippen molar-refractivity contribution in [3.05, 3.63) is 58.9 Å². The number of methoxy groups -OCH3 is 1. The largest absolute Gasteiger partial charge is 0.494 e. The molecule has 3 rings (SSSR count). The number of hydrogen-bond donors (Lipinski definition) is 1. The van der Waals surface area contributed by atoms with E-state index in [1.807, 2.05) is 25.1 Å². The first-order valence-electron chi connectivity index (χ1n) is 6.89. The van der Waals surface area contributed by atoms with Crippen LogP contribution in [-0.4, -0.2) is 18.3 Å². The second-order valence-electron chi connectivity index (χ2n) is 5.30. The Bertz CT molecular complexity index is 669. The van der Waals surface area contributed by atoms with Gasteiger partial charge in [0, 0.05) is 6.42 Å². The Morgan fingerprint density at radius 2 is 1.95 bits per heavy atom. The third kappa shape index (κ3) is 2.59. The van der Waals surface area contributed by atoms with Crippen molar-refractivity contribution in [2.75, 3.05) is 7.11 Å². The molecule has 21 heavy (non-hydrogen) atoms. The maximum Gasteiger partial charge on any atom is 0.165 e. The van der Waals surface area contributed by atoms with E-state index in [0.717, 1.165) is 23.3 Å². The van der Waals surface area contributed by atoms with Crippen LogP contribution in [0.3, 0.4) is 0 Å². The summed E-state index contributed by atoms with van der Waals surface area (Å²) in [6, 6.07) is 10.1. The summed E-state index contributed by atoms with van der Waals surface area (Å²) in [5.41, 5.74) is 2.31. The molecule has 0 aliphatic carbocycles. The van der Waals surface area contributed by atoms with Crippen LogP contribution in [0.4, 0.5) is 4.39 Å². The van der Waals surface area contributed by atoms with Crippen molar-refractivity contribution in [3.8, 4) is 11.5 Å². The summed E-state index contributed by atoms with van der Waals surface area (Å²) in [4.78, 5) is 0. The van der Waals surface area contributed by atoms with Gasteiger partial charge >= 0.3 is 0 Å². The van der Waals surface area contributed by atoms with Crippen LogP contribution in [0.15, 0.2) is 36.4 Å². The van der Waals surface area contributed by atoms with Gasteiger partial charge in [-0.2, -0.15) is 0 Å². The molecule has 0 saturated carbocycles. The highest BCUT2D eigenvalue weighted by Gasteiger charge is 2.21. The zero-order valence-corrected chi connectivity index (χ0v) is 12.0. The molecule has 1 N–H and O–H groups in total. The molecule has 2 aromatic rings. The summed E-state index contributed by atoms with van der Waals surface area (Å²) in [6.07, 6.45) is 0.116. The predicted molar refractivity (Wildman–Crippen MR) is 77.2 cm³/mol. The van der Waals surface area contributed by atoms with Gasteiger partial charge in [-0.25, -0.2) is 4.39 Å². The molecule has 1 aliphatic rings. The number of ether oxygens (including phenoxy) is 2. The average molecular weight is 288 g/mol. The van der Waals surface area contributed by atoms with Crippen LogP contribution < -0.4 is 9.47 Å². The van der Waals surface area contributed by atoms with Gasteiger partial charge in [0.25, 0.3) is 0 Å². The second kappa shape index (κ2) is 5.37. The number of aliphatic hydroxyl groups excluding tert-OH is 1. The van der Waals surface area contributed by atoms with Crippen LogP contribution in [0.5, 0.6) is 11.5 Å². The number of halogens is 1. The van der Waals surface area contributed by atoms with Gasteiger partial charge in [-0.1, -0.05) is 12.1 Å². The molecular weight excluding hydrogens is 271 g/mol. The van der Waals surface area contributed by atoms with Gasteiger partial charge in [-0.3, -0.25) is 0 Å². The molecule has 3 nitrogen and oxygen atoms in total. The number of hydrogen-bond acceptors (Lipinski definition) is 3. The van der Waals surface area contributed by atoms with E-state index in [2.05, 4.69) is 0 Å². The molecule has 0 radical (unpaired) electrons. The van der Waals surface area contributed by atoms with Gasteiger partial charge in [0.1, 0.15) is 18.0 Å². The van der Waals surface area contributed by atoms with Crippen molar-refractivity contribution in [2.45, 2.75) is 25.6 Å². The zero-order chi connectivity index (χ0) is 15.0. The highest BCUT2D eigenvalue weighted by Crippen LogP contribution is 2.33. The maximum absolute atomic E-state index is 13.7. The lowest BCUT2D eigenvalue weighted by Crippen LogP contribution is -2.05.